The molecule has 4 heteroatoms. The van der Waals surface area contributed by atoms with Crippen molar-refractivity contribution in [1.82, 2.24) is 10.2 Å². The molecule has 0 saturated heterocycles. The molecule has 1 N–H and O–H groups in total. The van der Waals surface area contributed by atoms with Crippen LogP contribution in [-0.2, 0) is 0 Å². The zero-order chi connectivity index (χ0) is 16.0. The van der Waals surface area contributed by atoms with Gasteiger partial charge in [0, 0.05) is 10.6 Å². The van der Waals surface area contributed by atoms with Gasteiger partial charge in [0.1, 0.15) is 5.82 Å². The van der Waals surface area contributed by atoms with Gasteiger partial charge in [-0.25, -0.2) is 4.39 Å². The minimum Gasteiger partial charge on any atom is -0.311 e. The molecule has 0 amide bonds. The lowest BCUT2D eigenvalue weighted by atomic mass is 9.79. The van der Waals surface area contributed by atoms with Crippen molar-refractivity contribution in [2.75, 3.05) is 20.1 Å². The Hall–Kier alpha value is -0.640. The van der Waals surface area contributed by atoms with Crippen molar-refractivity contribution < 1.29 is 4.39 Å². The highest BCUT2D eigenvalue weighted by Gasteiger charge is 2.40. The minimum absolute atomic E-state index is 0.00407. The molecule has 0 aliphatic rings. The van der Waals surface area contributed by atoms with E-state index in [2.05, 4.69) is 37.9 Å². The van der Waals surface area contributed by atoms with Crippen LogP contribution < -0.4 is 5.32 Å². The van der Waals surface area contributed by atoms with Gasteiger partial charge in [-0.1, -0.05) is 39.3 Å². The van der Waals surface area contributed by atoms with E-state index in [-0.39, 0.29) is 17.4 Å². The van der Waals surface area contributed by atoms with Crippen LogP contribution in [0, 0.1) is 5.82 Å². The molecule has 0 aliphatic carbocycles. The lowest BCUT2D eigenvalue weighted by Gasteiger charge is -2.48. The Bertz CT molecular complexity index is 442. The molecule has 120 valence electrons. The summed E-state index contributed by atoms with van der Waals surface area (Å²) < 4.78 is 13.7. The van der Waals surface area contributed by atoms with Crippen LogP contribution in [0.3, 0.4) is 0 Å². The number of rotatable bonds is 8. The second kappa shape index (κ2) is 8.11. The largest absolute Gasteiger partial charge is 0.311 e. The molecular weight excluding hydrogens is 287 g/mol. The summed E-state index contributed by atoms with van der Waals surface area (Å²) in [5.74, 6) is -0.240. The Kier molecular flexibility index (Phi) is 7.11. The van der Waals surface area contributed by atoms with Crippen LogP contribution in [0.4, 0.5) is 4.39 Å². The van der Waals surface area contributed by atoms with Crippen LogP contribution in [0.5, 0.6) is 0 Å². The molecule has 1 aromatic rings. The molecule has 0 saturated carbocycles. The summed E-state index contributed by atoms with van der Waals surface area (Å²) >= 11 is 6.36. The van der Waals surface area contributed by atoms with Crippen molar-refractivity contribution >= 4 is 11.6 Å². The van der Waals surface area contributed by atoms with Gasteiger partial charge < -0.3 is 5.32 Å². The predicted molar refractivity (Wildman–Crippen MR) is 89.4 cm³/mol. The Labute approximate surface area is 133 Å². The Morgan fingerprint density at radius 3 is 2.19 bits per heavy atom. The molecule has 0 aromatic heterocycles. The standard InChI is InChI=1S/C17H28ClFN2/c1-6-17(7-2,21(8-3)9-4)16(20-5)14-12-13(19)10-11-15(14)18/h10-12,16,20H,6-9H2,1-5H3. The molecule has 0 fully saturated rings. The third-order valence-electron chi connectivity index (χ3n) is 4.71. The minimum atomic E-state index is -0.240. The van der Waals surface area contributed by atoms with Gasteiger partial charge >= 0.3 is 0 Å². The van der Waals surface area contributed by atoms with Crippen molar-refractivity contribution in [2.24, 2.45) is 0 Å². The Morgan fingerprint density at radius 1 is 1.19 bits per heavy atom. The van der Waals surface area contributed by atoms with Gasteiger partial charge in [0.15, 0.2) is 0 Å². The number of likely N-dealkylation sites (N-methyl/N-ethyl adjacent to an activating group) is 2. The van der Waals surface area contributed by atoms with E-state index in [1.54, 1.807) is 12.1 Å². The number of hydrogen-bond acceptors (Lipinski definition) is 2. The third kappa shape index (κ3) is 3.58. The van der Waals surface area contributed by atoms with E-state index in [0.717, 1.165) is 31.5 Å². The van der Waals surface area contributed by atoms with Crippen molar-refractivity contribution in [3.63, 3.8) is 0 Å². The zero-order valence-corrected chi connectivity index (χ0v) is 14.6. The average molecular weight is 315 g/mol. The summed E-state index contributed by atoms with van der Waals surface area (Å²) in [4.78, 5) is 2.45. The topological polar surface area (TPSA) is 15.3 Å². The monoisotopic (exact) mass is 314 g/mol. The van der Waals surface area contributed by atoms with Gasteiger partial charge in [-0.05, 0) is 56.7 Å². The highest BCUT2D eigenvalue weighted by atomic mass is 35.5. The quantitative estimate of drug-likeness (QED) is 0.752. The van der Waals surface area contributed by atoms with E-state index in [4.69, 9.17) is 11.6 Å². The van der Waals surface area contributed by atoms with Crippen LogP contribution >= 0.6 is 11.6 Å². The highest BCUT2D eigenvalue weighted by Crippen LogP contribution is 2.39. The van der Waals surface area contributed by atoms with Gasteiger partial charge in [0.25, 0.3) is 0 Å². The lowest BCUT2D eigenvalue weighted by Crippen LogP contribution is -2.55. The lowest BCUT2D eigenvalue weighted by molar-refractivity contribution is 0.0514. The number of nitrogens with zero attached hydrogens (tertiary/aromatic N) is 1. The molecule has 0 heterocycles. The number of nitrogens with one attached hydrogen (secondary N) is 1. The average Bonchev–Trinajstić information content (AvgIpc) is 2.50. The number of halogens is 2. The first-order chi connectivity index (χ1) is 10.00. The van der Waals surface area contributed by atoms with Crippen molar-refractivity contribution in [2.45, 2.75) is 52.1 Å². The summed E-state index contributed by atoms with van der Waals surface area (Å²) in [6.45, 7) is 10.7. The van der Waals surface area contributed by atoms with E-state index in [9.17, 15) is 4.39 Å². The van der Waals surface area contributed by atoms with Gasteiger partial charge in [0.05, 0.1) is 6.04 Å². The summed E-state index contributed by atoms with van der Waals surface area (Å²) in [5, 5.41) is 4.01. The van der Waals surface area contributed by atoms with Crippen LogP contribution in [0.25, 0.3) is 0 Å². The summed E-state index contributed by atoms with van der Waals surface area (Å²) in [7, 11) is 1.93. The fourth-order valence-electron chi connectivity index (χ4n) is 3.59. The summed E-state index contributed by atoms with van der Waals surface area (Å²) in [5.41, 5.74) is 0.769. The maximum Gasteiger partial charge on any atom is 0.123 e. The Balaban J connectivity index is 3.40. The van der Waals surface area contributed by atoms with Crippen LogP contribution in [0.1, 0.15) is 52.1 Å². The second-order valence-corrected chi connectivity index (χ2v) is 5.78. The second-order valence-electron chi connectivity index (χ2n) is 5.37. The van der Waals surface area contributed by atoms with Gasteiger partial charge in [0.2, 0.25) is 0 Å². The van der Waals surface area contributed by atoms with E-state index in [1.165, 1.54) is 6.07 Å². The molecular formula is C17H28ClFN2. The van der Waals surface area contributed by atoms with Crippen molar-refractivity contribution in [3.8, 4) is 0 Å². The number of benzene rings is 1. The molecule has 0 radical (unpaired) electrons. The van der Waals surface area contributed by atoms with Crippen LogP contribution in [0.2, 0.25) is 5.02 Å². The first-order valence-corrected chi connectivity index (χ1v) is 8.25. The van der Waals surface area contributed by atoms with E-state index in [0.29, 0.717) is 5.02 Å². The maximum absolute atomic E-state index is 13.7. The predicted octanol–water partition coefficient (Wildman–Crippen LogP) is 4.64. The van der Waals surface area contributed by atoms with E-state index < -0.39 is 0 Å². The molecule has 1 unspecified atom stereocenters. The van der Waals surface area contributed by atoms with Gasteiger partial charge in [-0.3, -0.25) is 4.90 Å². The molecule has 0 bridgehead atoms. The molecule has 2 nitrogen and oxygen atoms in total. The molecule has 1 aromatic carbocycles. The summed E-state index contributed by atoms with van der Waals surface area (Å²) in [6.07, 6.45) is 1.95. The van der Waals surface area contributed by atoms with Crippen molar-refractivity contribution in [1.29, 1.82) is 0 Å². The van der Waals surface area contributed by atoms with Crippen molar-refractivity contribution in [3.05, 3.63) is 34.6 Å². The van der Waals surface area contributed by atoms with Crippen LogP contribution in [0.15, 0.2) is 18.2 Å². The summed E-state index contributed by atoms with van der Waals surface area (Å²) in [6, 6.07) is 4.62. The molecule has 21 heavy (non-hydrogen) atoms. The zero-order valence-electron chi connectivity index (χ0n) is 13.8. The smallest absolute Gasteiger partial charge is 0.123 e. The van der Waals surface area contributed by atoms with Crippen LogP contribution in [-0.4, -0.2) is 30.6 Å². The highest BCUT2D eigenvalue weighted by molar-refractivity contribution is 6.31. The molecule has 0 aliphatic heterocycles. The normalized spacial score (nSPS) is 13.7. The third-order valence-corrected chi connectivity index (χ3v) is 5.06. The molecule has 1 rings (SSSR count). The first-order valence-electron chi connectivity index (χ1n) is 7.87. The fraction of sp³-hybridized carbons (Fsp3) is 0.647. The van der Waals surface area contributed by atoms with E-state index >= 15 is 0 Å². The first kappa shape index (κ1) is 18.4. The van der Waals surface area contributed by atoms with E-state index in [1.807, 2.05) is 7.05 Å². The maximum atomic E-state index is 13.7. The Morgan fingerprint density at radius 2 is 1.76 bits per heavy atom. The van der Waals surface area contributed by atoms with Gasteiger partial charge in [-0.2, -0.15) is 0 Å². The molecule has 1 atom stereocenters. The number of hydrogen-bond donors (Lipinski definition) is 1. The van der Waals surface area contributed by atoms with Gasteiger partial charge in [-0.15, -0.1) is 0 Å². The SMILES string of the molecule is CCN(CC)C(CC)(CC)C(NC)c1cc(F)ccc1Cl. The fourth-order valence-corrected chi connectivity index (χ4v) is 3.82. The molecule has 0 spiro atoms.